The fraction of sp³-hybridized carbons (Fsp3) is 0.333. The van der Waals surface area contributed by atoms with Crippen LogP contribution in [0.15, 0.2) is 36.5 Å². The van der Waals surface area contributed by atoms with E-state index in [9.17, 15) is 35.9 Å². The van der Waals surface area contributed by atoms with Gasteiger partial charge in [-0.15, -0.1) is 0 Å². The first-order valence-corrected chi connectivity index (χ1v) is 11.0. The number of benzene rings is 2. The van der Waals surface area contributed by atoms with Crippen molar-refractivity contribution in [2.75, 3.05) is 5.32 Å². The summed E-state index contributed by atoms with van der Waals surface area (Å²) >= 11 is 0. The Morgan fingerprint density at radius 3 is 2.11 bits per heavy atom. The number of carbonyl (C=O) groups is 2. The van der Waals surface area contributed by atoms with Crippen LogP contribution in [-0.4, -0.2) is 22.8 Å². The van der Waals surface area contributed by atoms with Gasteiger partial charge in [0.25, 0.3) is 0 Å². The van der Waals surface area contributed by atoms with Gasteiger partial charge in [0.2, 0.25) is 0 Å². The molecule has 0 bridgehead atoms. The zero-order chi connectivity index (χ0) is 26.4. The number of fused-ring (bicyclic) bond motifs is 1. The van der Waals surface area contributed by atoms with Crippen LogP contribution in [0.25, 0.3) is 10.9 Å². The monoisotopic (exact) mass is 513 g/mol. The summed E-state index contributed by atoms with van der Waals surface area (Å²) in [5.41, 5.74) is -2.97. The smallest absolute Gasteiger partial charge is 0.420 e. The van der Waals surface area contributed by atoms with E-state index in [-0.39, 0.29) is 17.7 Å². The molecule has 1 aromatic heterocycles. The van der Waals surface area contributed by atoms with Gasteiger partial charge in [0, 0.05) is 34.9 Å². The van der Waals surface area contributed by atoms with Crippen LogP contribution in [0.5, 0.6) is 11.5 Å². The molecule has 0 aliphatic heterocycles. The van der Waals surface area contributed by atoms with E-state index in [1.165, 1.54) is 12.1 Å². The van der Waals surface area contributed by atoms with Gasteiger partial charge < -0.3 is 20.4 Å². The number of nitrogens with one attached hydrogen (secondary N) is 3. The van der Waals surface area contributed by atoms with E-state index in [2.05, 4.69) is 10.3 Å². The normalized spacial score (nSPS) is 14.2. The van der Waals surface area contributed by atoms with Crippen molar-refractivity contribution in [1.82, 2.24) is 10.3 Å². The Morgan fingerprint density at radius 2 is 1.58 bits per heavy atom. The summed E-state index contributed by atoms with van der Waals surface area (Å²) in [5, 5.41) is 4.88. The van der Waals surface area contributed by atoms with E-state index in [1.807, 2.05) is 19.2 Å². The van der Waals surface area contributed by atoms with Crippen LogP contribution in [0, 0.1) is 0 Å². The van der Waals surface area contributed by atoms with Crippen molar-refractivity contribution in [3.05, 3.63) is 53.2 Å². The lowest BCUT2D eigenvalue weighted by Gasteiger charge is -2.21. The summed E-state index contributed by atoms with van der Waals surface area (Å²) in [6, 6.07) is 4.50. The number of rotatable bonds is 5. The van der Waals surface area contributed by atoms with Crippen LogP contribution in [0.3, 0.4) is 0 Å². The SMILES string of the molecule is CC(C)c1c[nH]c2cc(Oc3c(C(F)(F)F)cc(NC(=O)C(=O)NC4CC4)cc3C(F)(F)F)ccc12. The van der Waals surface area contributed by atoms with Gasteiger partial charge in [-0.05, 0) is 48.6 Å². The lowest BCUT2D eigenvalue weighted by atomic mass is 10.0. The van der Waals surface area contributed by atoms with Crippen LogP contribution in [-0.2, 0) is 21.9 Å². The molecule has 0 spiro atoms. The number of aromatic amines is 1. The molecule has 0 saturated heterocycles. The number of H-pyrrole nitrogens is 1. The largest absolute Gasteiger partial charge is 0.456 e. The molecule has 0 unspecified atom stereocenters. The van der Waals surface area contributed by atoms with E-state index in [0.717, 1.165) is 10.9 Å². The molecule has 1 aliphatic carbocycles. The molecule has 0 radical (unpaired) electrons. The molecule has 12 heteroatoms. The lowest BCUT2D eigenvalue weighted by molar-refractivity contribution is -0.145. The van der Waals surface area contributed by atoms with Crippen molar-refractivity contribution in [3.63, 3.8) is 0 Å². The second-order valence-corrected chi connectivity index (χ2v) is 8.81. The maximum absolute atomic E-state index is 13.9. The first kappa shape index (κ1) is 25.4. The second kappa shape index (κ2) is 9.07. The number of amides is 2. The molecule has 3 aromatic rings. The molecule has 3 N–H and O–H groups in total. The fourth-order valence-corrected chi connectivity index (χ4v) is 3.69. The van der Waals surface area contributed by atoms with Crippen LogP contribution < -0.4 is 15.4 Å². The average molecular weight is 513 g/mol. The van der Waals surface area contributed by atoms with Gasteiger partial charge in [0.15, 0.2) is 5.75 Å². The molecule has 0 atom stereocenters. The molecular weight excluding hydrogens is 492 g/mol. The minimum atomic E-state index is -5.27. The van der Waals surface area contributed by atoms with Crippen LogP contribution in [0.1, 0.15) is 49.3 Å². The highest BCUT2D eigenvalue weighted by Crippen LogP contribution is 2.47. The molecule has 1 fully saturated rings. The van der Waals surface area contributed by atoms with Gasteiger partial charge >= 0.3 is 24.2 Å². The predicted octanol–water partition coefficient (Wildman–Crippen LogP) is 6.34. The molecule has 4 rings (SSSR count). The number of anilines is 1. The Bertz CT molecular complexity index is 1290. The lowest BCUT2D eigenvalue weighted by Crippen LogP contribution is -2.36. The van der Waals surface area contributed by atoms with Crippen LogP contribution in [0.4, 0.5) is 32.0 Å². The molecule has 36 heavy (non-hydrogen) atoms. The third kappa shape index (κ3) is 5.42. The summed E-state index contributed by atoms with van der Waals surface area (Å²) in [6.45, 7) is 3.88. The number of hydrogen-bond donors (Lipinski definition) is 3. The van der Waals surface area contributed by atoms with Crippen LogP contribution in [0.2, 0.25) is 0 Å². The first-order chi connectivity index (χ1) is 16.7. The highest BCUT2D eigenvalue weighted by molar-refractivity contribution is 6.39. The van der Waals surface area contributed by atoms with Crippen molar-refractivity contribution in [2.24, 2.45) is 0 Å². The standard InChI is InChI=1S/C24H21F6N3O3/c1-11(2)16-10-31-19-9-14(5-6-15(16)19)36-20-17(23(25,26)27)7-13(8-18(20)24(28,29)30)33-22(35)21(34)32-12-3-4-12/h5-12,31H,3-4H2,1-2H3,(H,32,34)(H,33,35). The number of carbonyl (C=O) groups excluding carboxylic acids is 2. The second-order valence-electron chi connectivity index (χ2n) is 8.81. The molecular formula is C24H21F6N3O3. The topological polar surface area (TPSA) is 83.2 Å². The fourth-order valence-electron chi connectivity index (χ4n) is 3.69. The zero-order valence-corrected chi connectivity index (χ0v) is 19.0. The Balaban J connectivity index is 1.74. The van der Waals surface area contributed by atoms with E-state index < -0.39 is 46.7 Å². The third-order valence-corrected chi connectivity index (χ3v) is 5.60. The van der Waals surface area contributed by atoms with Crippen molar-refractivity contribution < 1.29 is 40.7 Å². The minimum Gasteiger partial charge on any atom is -0.456 e. The Labute approximate surface area is 201 Å². The Kier molecular flexibility index (Phi) is 6.40. The van der Waals surface area contributed by atoms with Gasteiger partial charge in [-0.25, -0.2) is 0 Å². The number of aromatic nitrogens is 1. The minimum absolute atomic E-state index is 0.133. The number of halogens is 6. The summed E-state index contributed by atoms with van der Waals surface area (Å²) < 4.78 is 88.4. The Hall–Kier alpha value is -3.70. The molecule has 2 aromatic carbocycles. The van der Waals surface area contributed by atoms with Gasteiger partial charge in [-0.2, -0.15) is 26.3 Å². The third-order valence-electron chi connectivity index (χ3n) is 5.60. The van der Waals surface area contributed by atoms with E-state index in [0.29, 0.717) is 30.5 Å². The van der Waals surface area contributed by atoms with Gasteiger partial charge in [-0.3, -0.25) is 9.59 Å². The van der Waals surface area contributed by atoms with Gasteiger partial charge in [-0.1, -0.05) is 13.8 Å². The number of hydrogen-bond acceptors (Lipinski definition) is 3. The molecule has 1 heterocycles. The zero-order valence-electron chi connectivity index (χ0n) is 19.0. The summed E-state index contributed by atoms with van der Waals surface area (Å²) in [7, 11) is 0. The van der Waals surface area contributed by atoms with E-state index in [1.54, 1.807) is 12.3 Å². The van der Waals surface area contributed by atoms with Crippen molar-refractivity contribution in [3.8, 4) is 11.5 Å². The summed E-state index contributed by atoms with van der Waals surface area (Å²) in [4.78, 5) is 26.8. The Morgan fingerprint density at radius 1 is 0.972 bits per heavy atom. The highest BCUT2D eigenvalue weighted by Gasteiger charge is 2.43. The van der Waals surface area contributed by atoms with E-state index >= 15 is 0 Å². The molecule has 6 nitrogen and oxygen atoms in total. The average Bonchev–Trinajstić information content (AvgIpc) is 3.47. The van der Waals surface area contributed by atoms with Crippen molar-refractivity contribution in [1.29, 1.82) is 0 Å². The van der Waals surface area contributed by atoms with E-state index in [4.69, 9.17) is 4.74 Å². The number of alkyl halides is 6. The molecule has 2 amide bonds. The summed E-state index contributed by atoms with van der Waals surface area (Å²) in [6.07, 6.45) is -7.57. The highest BCUT2D eigenvalue weighted by atomic mass is 19.4. The maximum atomic E-state index is 13.9. The number of ether oxygens (including phenoxy) is 1. The summed E-state index contributed by atoms with van der Waals surface area (Å²) in [5.74, 6) is -4.12. The molecule has 1 saturated carbocycles. The van der Waals surface area contributed by atoms with Crippen molar-refractivity contribution in [2.45, 2.75) is 51.0 Å². The first-order valence-electron chi connectivity index (χ1n) is 11.0. The van der Waals surface area contributed by atoms with Crippen molar-refractivity contribution >= 4 is 28.4 Å². The quantitative estimate of drug-likeness (QED) is 0.275. The van der Waals surface area contributed by atoms with Crippen LogP contribution >= 0.6 is 0 Å². The molecule has 1 aliphatic rings. The molecule has 192 valence electrons. The predicted molar refractivity (Wildman–Crippen MR) is 119 cm³/mol. The van der Waals surface area contributed by atoms with Gasteiger partial charge in [0.1, 0.15) is 16.9 Å². The van der Waals surface area contributed by atoms with Gasteiger partial charge in [0.05, 0.1) is 0 Å². The maximum Gasteiger partial charge on any atom is 0.420 e.